The van der Waals surface area contributed by atoms with Crippen molar-refractivity contribution < 1.29 is 19.8 Å². The molecule has 4 heteroatoms. The lowest BCUT2D eigenvalue weighted by atomic mass is 9.72. The highest BCUT2D eigenvalue weighted by atomic mass is 16.3. The van der Waals surface area contributed by atoms with Crippen molar-refractivity contribution in [1.82, 2.24) is 0 Å². The molecule has 198 valence electrons. The molecular weight excluding hydrogens is 424 g/mol. The van der Waals surface area contributed by atoms with E-state index in [4.69, 9.17) is 0 Å². The van der Waals surface area contributed by atoms with E-state index in [-0.39, 0.29) is 47.7 Å². The van der Waals surface area contributed by atoms with Gasteiger partial charge in [0.1, 0.15) is 11.6 Å². The zero-order chi connectivity index (χ0) is 25.2. The number of hydrogen-bond acceptors (Lipinski definition) is 4. The molecule has 0 aromatic rings. The summed E-state index contributed by atoms with van der Waals surface area (Å²) in [6.45, 7) is 8.85. The van der Waals surface area contributed by atoms with E-state index in [0.717, 1.165) is 103 Å². The summed E-state index contributed by atoms with van der Waals surface area (Å²) < 4.78 is 0. The fourth-order valence-corrected chi connectivity index (χ4v) is 6.15. The third-order valence-corrected chi connectivity index (χ3v) is 8.85. The maximum atomic E-state index is 13.1. The Labute approximate surface area is 209 Å². The minimum absolute atomic E-state index is 0.0144. The first kappa shape index (κ1) is 29.5. The van der Waals surface area contributed by atoms with E-state index in [1.165, 1.54) is 0 Å². The van der Waals surface area contributed by atoms with Crippen molar-refractivity contribution in [1.29, 1.82) is 0 Å². The standard InChI is InChI=1S/C30H54O4/c1-29(2,21-31)19-7-5-11-23-13-9-15-25(27(23)33)17-18-26-16-10-14-24(28(26)34)12-6-8-20-30(3,4)22-32/h23-26,31-32H,5-22H2,1-4H3. The SMILES string of the molecule is CC(C)(CO)CCCCC1CCCC(CCC2CCCC(CCCCC(C)(C)CO)C2=O)C1=O. The summed E-state index contributed by atoms with van der Waals surface area (Å²) in [6, 6.07) is 0. The summed E-state index contributed by atoms with van der Waals surface area (Å²) in [5.74, 6) is 1.71. The van der Waals surface area contributed by atoms with Crippen molar-refractivity contribution in [3.63, 3.8) is 0 Å². The monoisotopic (exact) mass is 478 g/mol. The maximum absolute atomic E-state index is 13.1. The highest BCUT2D eigenvalue weighted by molar-refractivity contribution is 5.85. The fraction of sp³-hybridized carbons (Fsp3) is 0.933. The highest BCUT2D eigenvalue weighted by Crippen LogP contribution is 2.37. The molecule has 2 fully saturated rings. The Kier molecular flexibility index (Phi) is 12.2. The van der Waals surface area contributed by atoms with E-state index in [0.29, 0.717) is 11.6 Å². The van der Waals surface area contributed by atoms with Crippen molar-refractivity contribution in [3.05, 3.63) is 0 Å². The molecule has 0 heterocycles. The number of unbranched alkanes of at least 4 members (excludes halogenated alkanes) is 2. The Bertz CT molecular complexity index is 569. The first-order valence-electron chi connectivity index (χ1n) is 14.4. The molecule has 0 spiro atoms. The van der Waals surface area contributed by atoms with Crippen LogP contribution in [0.25, 0.3) is 0 Å². The van der Waals surface area contributed by atoms with Crippen LogP contribution < -0.4 is 0 Å². The molecular formula is C30H54O4. The molecule has 2 N–H and O–H groups in total. The third kappa shape index (κ3) is 9.72. The second kappa shape index (κ2) is 14.1. The van der Waals surface area contributed by atoms with E-state index in [1.54, 1.807) is 0 Å². The van der Waals surface area contributed by atoms with Crippen molar-refractivity contribution in [3.8, 4) is 0 Å². The number of aliphatic hydroxyl groups is 2. The molecule has 4 nitrogen and oxygen atoms in total. The molecule has 0 aliphatic heterocycles. The van der Waals surface area contributed by atoms with Gasteiger partial charge in [0.15, 0.2) is 0 Å². The number of aliphatic hydroxyl groups excluding tert-OH is 2. The second-order valence-electron chi connectivity index (χ2n) is 13.2. The zero-order valence-electron chi connectivity index (χ0n) is 22.7. The summed E-state index contributed by atoms with van der Waals surface area (Å²) in [7, 11) is 0. The van der Waals surface area contributed by atoms with Crippen molar-refractivity contribution in [2.45, 2.75) is 130 Å². The van der Waals surface area contributed by atoms with Crippen LogP contribution >= 0.6 is 0 Å². The van der Waals surface area contributed by atoms with Gasteiger partial charge < -0.3 is 10.2 Å². The van der Waals surface area contributed by atoms with Gasteiger partial charge in [-0.2, -0.15) is 0 Å². The van der Waals surface area contributed by atoms with Gasteiger partial charge in [0.2, 0.25) is 0 Å². The predicted molar refractivity (Wildman–Crippen MR) is 140 cm³/mol. The lowest BCUT2D eigenvalue weighted by Gasteiger charge is -2.31. The molecule has 0 amide bonds. The first-order valence-corrected chi connectivity index (χ1v) is 14.4. The Hall–Kier alpha value is -0.740. The second-order valence-corrected chi connectivity index (χ2v) is 13.2. The number of carbonyl (C=O) groups is 2. The van der Waals surface area contributed by atoms with Crippen LogP contribution in [0.2, 0.25) is 0 Å². The van der Waals surface area contributed by atoms with Gasteiger partial charge in [-0.25, -0.2) is 0 Å². The summed E-state index contributed by atoms with van der Waals surface area (Å²) >= 11 is 0. The van der Waals surface area contributed by atoms with Gasteiger partial charge in [-0.05, 0) is 75.0 Å². The average Bonchev–Trinajstić information content (AvgIpc) is 2.81. The van der Waals surface area contributed by atoms with Crippen LogP contribution in [0.15, 0.2) is 0 Å². The van der Waals surface area contributed by atoms with Crippen LogP contribution in [-0.4, -0.2) is 35.0 Å². The van der Waals surface area contributed by atoms with E-state index >= 15 is 0 Å². The minimum Gasteiger partial charge on any atom is -0.396 e. The quantitative estimate of drug-likeness (QED) is 0.251. The minimum atomic E-state index is -0.0144. The van der Waals surface area contributed by atoms with Gasteiger partial charge >= 0.3 is 0 Å². The summed E-state index contributed by atoms with van der Waals surface area (Å²) in [6.07, 6.45) is 16.5. The molecule has 0 saturated heterocycles. The Morgan fingerprint density at radius 3 is 1.24 bits per heavy atom. The van der Waals surface area contributed by atoms with E-state index in [9.17, 15) is 19.8 Å². The van der Waals surface area contributed by atoms with Gasteiger partial charge in [-0.1, -0.05) is 66.2 Å². The maximum Gasteiger partial charge on any atom is 0.139 e. The molecule has 4 unspecified atom stereocenters. The number of rotatable bonds is 15. The molecule has 0 aromatic carbocycles. The predicted octanol–water partition coefficient (Wildman–Crippen LogP) is 6.90. The van der Waals surface area contributed by atoms with E-state index < -0.39 is 0 Å². The van der Waals surface area contributed by atoms with Gasteiger partial charge in [-0.3, -0.25) is 9.59 Å². The number of hydrogen-bond donors (Lipinski definition) is 2. The molecule has 34 heavy (non-hydrogen) atoms. The number of carbonyl (C=O) groups excluding carboxylic acids is 2. The molecule has 0 aromatic heterocycles. The van der Waals surface area contributed by atoms with Crippen LogP contribution in [0.4, 0.5) is 0 Å². The van der Waals surface area contributed by atoms with Crippen LogP contribution in [0.1, 0.15) is 130 Å². The number of ketones is 2. The molecule has 2 rings (SSSR count). The average molecular weight is 479 g/mol. The fourth-order valence-electron chi connectivity index (χ4n) is 6.15. The largest absolute Gasteiger partial charge is 0.396 e. The van der Waals surface area contributed by atoms with Crippen LogP contribution in [-0.2, 0) is 9.59 Å². The first-order chi connectivity index (χ1) is 16.1. The Morgan fingerprint density at radius 1 is 0.588 bits per heavy atom. The third-order valence-electron chi connectivity index (χ3n) is 8.85. The van der Waals surface area contributed by atoms with Gasteiger partial charge in [0.25, 0.3) is 0 Å². The molecule has 2 saturated carbocycles. The summed E-state index contributed by atoms with van der Waals surface area (Å²) in [5, 5.41) is 18.9. The lowest BCUT2D eigenvalue weighted by Crippen LogP contribution is -2.32. The van der Waals surface area contributed by atoms with E-state index in [2.05, 4.69) is 27.7 Å². The molecule has 0 radical (unpaired) electrons. The smallest absolute Gasteiger partial charge is 0.139 e. The normalized spacial score (nSPS) is 26.8. The van der Waals surface area contributed by atoms with Crippen LogP contribution in [0, 0.1) is 34.5 Å². The Balaban J connectivity index is 1.72. The van der Waals surface area contributed by atoms with Crippen LogP contribution in [0.3, 0.4) is 0 Å². The Morgan fingerprint density at radius 2 is 0.912 bits per heavy atom. The zero-order valence-corrected chi connectivity index (χ0v) is 22.7. The molecule has 2 aliphatic carbocycles. The molecule has 4 atom stereocenters. The molecule has 0 bridgehead atoms. The molecule has 2 aliphatic rings. The topological polar surface area (TPSA) is 74.6 Å². The van der Waals surface area contributed by atoms with Crippen molar-refractivity contribution >= 4 is 11.6 Å². The van der Waals surface area contributed by atoms with Crippen LogP contribution in [0.5, 0.6) is 0 Å². The van der Waals surface area contributed by atoms with Gasteiger partial charge in [0.05, 0.1) is 0 Å². The van der Waals surface area contributed by atoms with Crippen molar-refractivity contribution in [2.24, 2.45) is 34.5 Å². The lowest BCUT2D eigenvalue weighted by molar-refractivity contribution is -0.132. The number of Topliss-reactive ketones (excluding diaryl/α,β-unsaturated/α-hetero) is 2. The summed E-state index contributed by atoms with van der Waals surface area (Å²) in [4.78, 5) is 26.3. The van der Waals surface area contributed by atoms with Gasteiger partial charge in [-0.15, -0.1) is 0 Å². The van der Waals surface area contributed by atoms with Gasteiger partial charge in [0, 0.05) is 36.9 Å². The highest BCUT2D eigenvalue weighted by Gasteiger charge is 2.34. The summed E-state index contributed by atoms with van der Waals surface area (Å²) in [5.41, 5.74) is -0.0287. The van der Waals surface area contributed by atoms with Crippen molar-refractivity contribution in [2.75, 3.05) is 13.2 Å². The van der Waals surface area contributed by atoms with E-state index in [1.807, 2.05) is 0 Å².